The molecule has 1 heterocycles. The Bertz CT molecular complexity index is 943. The standard InChI is InChI=1S/C26H33N3O2/c1-18-24-13-21-9-10-22(30)14-23(21)26(18,17-29(24)16-20-7-8-20)11-12-27-25(31)28-15-19-5-3-2-4-6-19/h2-6,9-10,14,18,20,24,30H,7-8,11-13,15-17H2,1H3,(H2,27,28,31)/t18-,24+,26-/m0/s1. The first-order valence-electron chi connectivity index (χ1n) is 11.7. The number of nitrogens with one attached hydrogen (secondary N) is 2. The fourth-order valence-corrected chi connectivity index (χ4v) is 5.89. The molecule has 0 radical (unpaired) electrons. The Hall–Kier alpha value is -2.53. The van der Waals surface area contributed by atoms with Crippen LogP contribution in [0.1, 0.15) is 42.9 Å². The molecule has 1 saturated heterocycles. The first-order chi connectivity index (χ1) is 15.0. The van der Waals surface area contributed by atoms with E-state index in [1.165, 1.54) is 30.5 Å². The molecule has 5 heteroatoms. The number of carbonyl (C=O) groups is 1. The van der Waals surface area contributed by atoms with Gasteiger partial charge in [-0.2, -0.15) is 0 Å². The predicted molar refractivity (Wildman–Crippen MR) is 122 cm³/mol. The van der Waals surface area contributed by atoms with Crippen LogP contribution in [0.25, 0.3) is 0 Å². The van der Waals surface area contributed by atoms with Gasteiger partial charge in [-0.3, -0.25) is 4.90 Å². The van der Waals surface area contributed by atoms with E-state index in [-0.39, 0.29) is 11.4 Å². The van der Waals surface area contributed by atoms with E-state index in [0.717, 1.165) is 30.9 Å². The minimum Gasteiger partial charge on any atom is -0.508 e. The molecular weight excluding hydrogens is 386 g/mol. The monoisotopic (exact) mass is 419 g/mol. The summed E-state index contributed by atoms with van der Waals surface area (Å²) in [4.78, 5) is 15.1. The Kier molecular flexibility index (Phi) is 5.39. The smallest absolute Gasteiger partial charge is 0.315 e. The minimum atomic E-state index is -0.121. The molecule has 164 valence electrons. The van der Waals surface area contributed by atoms with E-state index in [2.05, 4.69) is 28.5 Å². The molecule has 0 unspecified atom stereocenters. The largest absolute Gasteiger partial charge is 0.508 e. The van der Waals surface area contributed by atoms with Crippen LogP contribution in [0.15, 0.2) is 48.5 Å². The summed E-state index contributed by atoms with van der Waals surface area (Å²) in [6.07, 6.45) is 4.68. The summed E-state index contributed by atoms with van der Waals surface area (Å²) in [5, 5.41) is 16.3. The van der Waals surface area contributed by atoms with Crippen molar-refractivity contribution >= 4 is 6.03 Å². The third kappa shape index (κ3) is 4.03. The highest BCUT2D eigenvalue weighted by Crippen LogP contribution is 2.52. The maximum Gasteiger partial charge on any atom is 0.315 e. The summed E-state index contributed by atoms with van der Waals surface area (Å²) in [5.41, 5.74) is 3.74. The molecule has 2 fully saturated rings. The van der Waals surface area contributed by atoms with Crippen LogP contribution in [0.5, 0.6) is 5.75 Å². The lowest BCUT2D eigenvalue weighted by Crippen LogP contribution is -2.44. The molecule has 31 heavy (non-hydrogen) atoms. The normalized spacial score (nSPS) is 27.0. The average molecular weight is 420 g/mol. The summed E-state index contributed by atoms with van der Waals surface area (Å²) in [7, 11) is 0. The molecule has 5 rings (SSSR count). The Morgan fingerprint density at radius 2 is 1.97 bits per heavy atom. The van der Waals surface area contributed by atoms with E-state index in [4.69, 9.17) is 0 Å². The zero-order valence-electron chi connectivity index (χ0n) is 18.3. The van der Waals surface area contributed by atoms with Crippen LogP contribution in [0.4, 0.5) is 4.79 Å². The third-order valence-corrected chi connectivity index (χ3v) is 7.80. The lowest BCUT2D eigenvalue weighted by Gasteiger charge is -2.40. The number of urea groups is 1. The van der Waals surface area contributed by atoms with Gasteiger partial charge in [0.1, 0.15) is 5.75 Å². The van der Waals surface area contributed by atoms with Crippen LogP contribution in [-0.4, -0.2) is 41.7 Å². The SMILES string of the molecule is C[C@H]1[C@H]2Cc3ccc(O)cc3[C@@]1(CCNC(=O)NCc1ccccc1)CN2CC1CC1. The average Bonchev–Trinajstić information content (AvgIpc) is 3.56. The fourth-order valence-electron chi connectivity index (χ4n) is 5.89. The number of carbonyl (C=O) groups excluding carboxylic acids is 1. The van der Waals surface area contributed by atoms with E-state index in [1.54, 1.807) is 0 Å². The number of rotatable bonds is 7. The van der Waals surface area contributed by atoms with Crippen molar-refractivity contribution in [1.82, 2.24) is 15.5 Å². The number of fused-ring (bicyclic) bond motifs is 4. The first-order valence-corrected chi connectivity index (χ1v) is 11.7. The van der Waals surface area contributed by atoms with Gasteiger partial charge in [-0.1, -0.05) is 43.3 Å². The molecule has 3 aliphatic rings. The zero-order valence-corrected chi connectivity index (χ0v) is 18.3. The van der Waals surface area contributed by atoms with Crippen molar-refractivity contribution in [2.45, 2.75) is 50.6 Å². The number of phenols is 1. The van der Waals surface area contributed by atoms with Crippen LogP contribution < -0.4 is 10.6 Å². The van der Waals surface area contributed by atoms with Crippen molar-refractivity contribution in [2.75, 3.05) is 19.6 Å². The van der Waals surface area contributed by atoms with E-state index in [0.29, 0.717) is 30.8 Å². The van der Waals surface area contributed by atoms with Crippen LogP contribution in [-0.2, 0) is 18.4 Å². The molecular formula is C26H33N3O2. The van der Waals surface area contributed by atoms with Crippen LogP contribution in [0, 0.1) is 11.8 Å². The summed E-state index contributed by atoms with van der Waals surface area (Å²) in [6, 6.07) is 16.3. The Morgan fingerprint density at radius 3 is 2.74 bits per heavy atom. The van der Waals surface area contributed by atoms with Crippen LogP contribution >= 0.6 is 0 Å². The second-order valence-corrected chi connectivity index (χ2v) is 9.78. The number of hydrogen-bond acceptors (Lipinski definition) is 3. The summed E-state index contributed by atoms with van der Waals surface area (Å²) >= 11 is 0. The van der Waals surface area contributed by atoms with Gasteiger partial charge in [0.15, 0.2) is 0 Å². The highest BCUT2D eigenvalue weighted by atomic mass is 16.3. The van der Waals surface area contributed by atoms with E-state index < -0.39 is 0 Å². The molecule has 2 amide bonds. The number of benzene rings is 2. The molecule has 5 nitrogen and oxygen atoms in total. The van der Waals surface area contributed by atoms with Gasteiger partial charge in [-0.25, -0.2) is 4.79 Å². The highest BCUT2D eigenvalue weighted by Gasteiger charge is 2.55. The maximum atomic E-state index is 12.4. The molecule has 1 saturated carbocycles. The predicted octanol–water partition coefficient (Wildman–Crippen LogP) is 3.81. The zero-order chi connectivity index (χ0) is 21.4. The number of aromatic hydroxyl groups is 1. The van der Waals surface area contributed by atoms with Gasteiger partial charge in [-0.15, -0.1) is 0 Å². The molecule has 0 spiro atoms. The molecule has 2 aromatic rings. The van der Waals surface area contributed by atoms with Crippen LogP contribution in [0.2, 0.25) is 0 Å². The van der Waals surface area contributed by atoms with Gasteiger partial charge >= 0.3 is 6.03 Å². The second kappa shape index (κ2) is 8.19. The molecule has 2 aromatic carbocycles. The van der Waals surface area contributed by atoms with Crippen molar-refractivity contribution in [3.05, 3.63) is 65.2 Å². The molecule has 1 aliphatic heterocycles. The molecule has 3 N–H and O–H groups in total. The second-order valence-electron chi connectivity index (χ2n) is 9.78. The van der Waals surface area contributed by atoms with Crippen molar-refractivity contribution in [1.29, 1.82) is 0 Å². The summed E-state index contributed by atoms with van der Waals surface area (Å²) in [6.45, 7) is 5.76. The van der Waals surface area contributed by atoms with E-state index in [1.807, 2.05) is 42.5 Å². The number of nitrogens with zero attached hydrogens (tertiary/aromatic N) is 1. The third-order valence-electron chi connectivity index (χ3n) is 7.80. The fraction of sp³-hybridized carbons (Fsp3) is 0.500. The minimum absolute atomic E-state index is 0.0153. The first kappa shape index (κ1) is 20.4. The number of phenolic OH excluding ortho intramolecular Hbond substituents is 1. The van der Waals surface area contributed by atoms with Crippen LogP contribution in [0.3, 0.4) is 0 Å². The molecule has 3 atom stereocenters. The lowest BCUT2D eigenvalue weighted by atomic mass is 9.63. The molecule has 2 bridgehead atoms. The van der Waals surface area contributed by atoms with Gasteiger partial charge in [-0.05, 0) is 66.3 Å². The number of amides is 2. The summed E-state index contributed by atoms with van der Waals surface area (Å²) < 4.78 is 0. The Balaban J connectivity index is 1.27. The van der Waals surface area contributed by atoms with Gasteiger partial charge in [0, 0.05) is 37.6 Å². The van der Waals surface area contributed by atoms with Crippen molar-refractivity contribution in [2.24, 2.45) is 11.8 Å². The van der Waals surface area contributed by atoms with Crippen molar-refractivity contribution in [3.8, 4) is 5.75 Å². The van der Waals surface area contributed by atoms with Gasteiger partial charge < -0.3 is 15.7 Å². The van der Waals surface area contributed by atoms with Gasteiger partial charge in [0.25, 0.3) is 0 Å². The maximum absolute atomic E-state index is 12.4. The lowest BCUT2D eigenvalue weighted by molar-refractivity contribution is 0.218. The highest BCUT2D eigenvalue weighted by molar-refractivity contribution is 5.73. The van der Waals surface area contributed by atoms with Gasteiger partial charge in [0.05, 0.1) is 0 Å². The molecule has 2 aliphatic carbocycles. The van der Waals surface area contributed by atoms with E-state index in [9.17, 15) is 9.90 Å². The molecule has 0 aromatic heterocycles. The van der Waals surface area contributed by atoms with E-state index >= 15 is 0 Å². The summed E-state index contributed by atoms with van der Waals surface area (Å²) in [5.74, 6) is 1.72. The Morgan fingerprint density at radius 1 is 1.16 bits per heavy atom. The number of likely N-dealkylation sites (tertiary alicyclic amines) is 1. The van der Waals surface area contributed by atoms with Crippen molar-refractivity contribution in [3.63, 3.8) is 0 Å². The number of hydrogen-bond donors (Lipinski definition) is 3. The quantitative estimate of drug-likeness (QED) is 0.640. The van der Waals surface area contributed by atoms with Gasteiger partial charge in [0.2, 0.25) is 0 Å². The van der Waals surface area contributed by atoms with Crippen molar-refractivity contribution < 1.29 is 9.90 Å². The topological polar surface area (TPSA) is 64.6 Å². The Labute approximate surface area is 184 Å².